The minimum atomic E-state index is 0.111. The Kier molecular flexibility index (Phi) is 8.44. The molecular formula is C27H38N4O4. The molecule has 8 nitrogen and oxygen atoms in total. The number of carbonyl (C=O) groups excluding carboxylic acids is 3. The van der Waals surface area contributed by atoms with E-state index in [1.807, 2.05) is 34.1 Å². The first-order valence-corrected chi connectivity index (χ1v) is 12.8. The van der Waals surface area contributed by atoms with Gasteiger partial charge in [0.25, 0.3) is 0 Å². The fourth-order valence-corrected chi connectivity index (χ4v) is 5.22. The second kappa shape index (κ2) is 11.7. The summed E-state index contributed by atoms with van der Waals surface area (Å²) in [5.41, 5.74) is 1.08. The van der Waals surface area contributed by atoms with Crippen LogP contribution in [0.25, 0.3) is 0 Å². The lowest BCUT2D eigenvalue weighted by Gasteiger charge is -2.39. The Hall–Kier alpha value is -2.87. The molecule has 0 spiro atoms. The highest BCUT2D eigenvalue weighted by Crippen LogP contribution is 2.30. The van der Waals surface area contributed by atoms with E-state index in [4.69, 9.17) is 4.74 Å². The summed E-state index contributed by atoms with van der Waals surface area (Å²) in [6.45, 7) is 9.40. The van der Waals surface area contributed by atoms with Crippen molar-refractivity contribution in [3.8, 4) is 5.75 Å². The van der Waals surface area contributed by atoms with E-state index in [1.54, 1.807) is 4.90 Å². The van der Waals surface area contributed by atoms with Crippen LogP contribution in [0.5, 0.6) is 5.75 Å². The summed E-state index contributed by atoms with van der Waals surface area (Å²) in [5, 5.41) is 0. The Bertz CT molecular complexity index is 926. The SMILES string of the molecule is CC(C)N1CC(=O)N2CC[C@@H](CC(=O)N3CCN(C=O)CC3)[C@@H](C=CCOc3ccccc3C1)C2. The molecule has 0 N–H and O–H groups in total. The van der Waals surface area contributed by atoms with Gasteiger partial charge in [-0.2, -0.15) is 0 Å². The third-order valence-electron chi connectivity index (χ3n) is 7.55. The molecule has 2 bridgehead atoms. The number of piperazine rings is 1. The summed E-state index contributed by atoms with van der Waals surface area (Å²) in [6, 6.07) is 8.25. The molecule has 2 saturated heterocycles. The van der Waals surface area contributed by atoms with Gasteiger partial charge in [-0.05, 0) is 38.2 Å². The Morgan fingerprint density at radius 3 is 2.63 bits per heavy atom. The van der Waals surface area contributed by atoms with Crippen molar-refractivity contribution in [2.75, 3.05) is 52.4 Å². The lowest BCUT2D eigenvalue weighted by atomic mass is 9.82. The van der Waals surface area contributed by atoms with Crippen LogP contribution in [0.1, 0.15) is 32.3 Å². The fourth-order valence-electron chi connectivity index (χ4n) is 5.22. The summed E-state index contributed by atoms with van der Waals surface area (Å²) in [6.07, 6.45) is 6.31. The third kappa shape index (κ3) is 6.42. The van der Waals surface area contributed by atoms with Gasteiger partial charge in [-0.25, -0.2) is 0 Å². The van der Waals surface area contributed by atoms with Crippen LogP contribution in [-0.4, -0.2) is 96.3 Å². The van der Waals surface area contributed by atoms with E-state index < -0.39 is 0 Å². The highest BCUT2D eigenvalue weighted by molar-refractivity contribution is 5.79. The first kappa shape index (κ1) is 25.2. The Morgan fingerprint density at radius 2 is 1.89 bits per heavy atom. The molecule has 3 heterocycles. The van der Waals surface area contributed by atoms with Crippen LogP contribution in [0.4, 0.5) is 0 Å². The molecule has 0 radical (unpaired) electrons. The van der Waals surface area contributed by atoms with Crippen LogP contribution in [0, 0.1) is 11.8 Å². The van der Waals surface area contributed by atoms with Gasteiger partial charge in [-0.1, -0.05) is 30.4 Å². The maximum absolute atomic E-state index is 13.3. The van der Waals surface area contributed by atoms with E-state index in [2.05, 4.69) is 30.9 Å². The standard InChI is InChI=1S/C27H38N4O4/c1-21(2)31-18-24-6-3-4-8-25(24)35-15-5-7-23-17-30(27(34)19-31)10-9-22(23)16-26(33)29-13-11-28(20-32)12-14-29/h3-8,20-23H,9-19H2,1-2H3/t22-,23-/m0/s1. The van der Waals surface area contributed by atoms with Gasteiger partial charge in [0.1, 0.15) is 12.4 Å². The Morgan fingerprint density at radius 1 is 1.11 bits per heavy atom. The number of para-hydroxylation sites is 1. The van der Waals surface area contributed by atoms with E-state index in [0.717, 1.165) is 24.1 Å². The van der Waals surface area contributed by atoms with Crippen LogP contribution in [-0.2, 0) is 20.9 Å². The molecule has 3 amide bonds. The van der Waals surface area contributed by atoms with Crippen molar-refractivity contribution in [2.45, 2.75) is 39.3 Å². The Balaban J connectivity index is 1.48. The zero-order valence-corrected chi connectivity index (χ0v) is 21.0. The molecule has 0 aliphatic carbocycles. The van der Waals surface area contributed by atoms with Crippen molar-refractivity contribution in [3.05, 3.63) is 42.0 Å². The van der Waals surface area contributed by atoms with Gasteiger partial charge in [0.05, 0.1) is 6.54 Å². The van der Waals surface area contributed by atoms with E-state index in [0.29, 0.717) is 65.4 Å². The second-order valence-corrected chi connectivity index (χ2v) is 10.1. The predicted molar refractivity (Wildman–Crippen MR) is 134 cm³/mol. The van der Waals surface area contributed by atoms with Gasteiger partial charge in [-0.3, -0.25) is 19.3 Å². The van der Waals surface area contributed by atoms with E-state index >= 15 is 0 Å². The quantitative estimate of drug-likeness (QED) is 0.485. The summed E-state index contributed by atoms with van der Waals surface area (Å²) in [7, 11) is 0. The van der Waals surface area contributed by atoms with Crippen LogP contribution < -0.4 is 4.74 Å². The number of fused-ring (bicyclic) bond motifs is 3. The molecule has 2 atom stereocenters. The number of ether oxygens (including phenoxy) is 1. The topological polar surface area (TPSA) is 73.4 Å². The van der Waals surface area contributed by atoms with Gasteiger partial charge >= 0.3 is 0 Å². The number of rotatable bonds is 4. The summed E-state index contributed by atoms with van der Waals surface area (Å²) >= 11 is 0. The molecule has 4 rings (SSSR count). The van der Waals surface area contributed by atoms with Crippen molar-refractivity contribution in [3.63, 3.8) is 0 Å². The first-order chi connectivity index (χ1) is 16.9. The predicted octanol–water partition coefficient (Wildman–Crippen LogP) is 2.00. The molecule has 2 fully saturated rings. The molecule has 1 aromatic carbocycles. The smallest absolute Gasteiger partial charge is 0.236 e. The lowest BCUT2D eigenvalue weighted by molar-refractivity contribution is -0.138. The number of hydrogen-bond donors (Lipinski definition) is 0. The summed E-state index contributed by atoms with van der Waals surface area (Å²) in [5.74, 6) is 1.43. The van der Waals surface area contributed by atoms with Gasteiger partial charge < -0.3 is 19.4 Å². The summed E-state index contributed by atoms with van der Waals surface area (Å²) < 4.78 is 6.11. The minimum absolute atomic E-state index is 0.111. The van der Waals surface area contributed by atoms with Crippen LogP contribution in [0.2, 0.25) is 0 Å². The van der Waals surface area contributed by atoms with Gasteiger partial charge in [0.2, 0.25) is 18.2 Å². The molecule has 190 valence electrons. The largest absolute Gasteiger partial charge is 0.489 e. The van der Waals surface area contributed by atoms with Crippen molar-refractivity contribution in [2.24, 2.45) is 11.8 Å². The molecule has 0 saturated carbocycles. The number of carbonyl (C=O) groups is 3. The monoisotopic (exact) mass is 482 g/mol. The Labute approximate surface area is 208 Å². The van der Waals surface area contributed by atoms with E-state index in [9.17, 15) is 14.4 Å². The normalized spacial score (nSPS) is 24.2. The molecule has 0 aromatic heterocycles. The number of hydrogen-bond acceptors (Lipinski definition) is 5. The van der Waals surface area contributed by atoms with E-state index in [-0.39, 0.29) is 29.7 Å². The highest BCUT2D eigenvalue weighted by Gasteiger charge is 2.33. The highest BCUT2D eigenvalue weighted by atomic mass is 16.5. The second-order valence-electron chi connectivity index (χ2n) is 10.1. The van der Waals surface area contributed by atoms with Crippen molar-refractivity contribution >= 4 is 18.2 Å². The van der Waals surface area contributed by atoms with Crippen LogP contribution >= 0.6 is 0 Å². The average molecular weight is 483 g/mol. The van der Waals surface area contributed by atoms with Gasteiger partial charge in [0, 0.05) is 63.8 Å². The molecule has 0 unspecified atom stereocenters. The van der Waals surface area contributed by atoms with Crippen LogP contribution in [0.15, 0.2) is 36.4 Å². The fraction of sp³-hybridized carbons (Fsp3) is 0.593. The maximum atomic E-state index is 13.3. The number of piperidine rings is 1. The maximum Gasteiger partial charge on any atom is 0.236 e. The third-order valence-corrected chi connectivity index (χ3v) is 7.55. The minimum Gasteiger partial charge on any atom is -0.489 e. The molecule has 8 heteroatoms. The zero-order valence-electron chi connectivity index (χ0n) is 21.0. The summed E-state index contributed by atoms with van der Waals surface area (Å²) in [4.78, 5) is 45.1. The van der Waals surface area contributed by atoms with Crippen molar-refractivity contribution in [1.29, 1.82) is 0 Å². The average Bonchev–Trinajstić information content (AvgIpc) is 2.88. The molecule has 3 aliphatic heterocycles. The molecule has 1 aromatic rings. The van der Waals surface area contributed by atoms with Gasteiger partial charge in [-0.15, -0.1) is 0 Å². The number of nitrogens with zero attached hydrogens (tertiary/aromatic N) is 4. The molecule has 3 aliphatic rings. The van der Waals surface area contributed by atoms with E-state index in [1.165, 1.54) is 0 Å². The molecule has 35 heavy (non-hydrogen) atoms. The van der Waals surface area contributed by atoms with Gasteiger partial charge in [0.15, 0.2) is 0 Å². The number of amides is 3. The molecular weight excluding hydrogens is 444 g/mol. The van der Waals surface area contributed by atoms with Crippen molar-refractivity contribution < 1.29 is 19.1 Å². The zero-order chi connectivity index (χ0) is 24.8. The van der Waals surface area contributed by atoms with Crippen molar-refractivity contribution in [1.82, 2.24) is 19.6 Å². The van der Waals surface area contributed by atoms with Crippen LogP contribution in [0.3, 0.4) is 0 Å². The lowest BCUT2D eigenvalue weighted by Crippen LogP contribution is -2.50. The number of benzene rings is 1. The first-order valence-electron chi connectivity index (χ1n) is 12.8.